The summed E-state index contributed by atoms with van der Waals surface area (Å²) in [5, 5.41) is 22.8. The molecule has 0 aliphatic carbocycles. The number of methoxy groups -OCH3 is 1. The summed E-state index contributed by atoms with van der Waals surface area (Å²) in [6.07, 6.45) is -1.16. The summed E-state index contributed by atoms with van der Waals surface area (Å²) in [6.45, 7) is 2.33. The van der Waals surface area contributed by atoms with Crippen molar-refractivity contribution in [1.29, 1.82) is 0 Å². The Morgan fingerprint density at radius 3 is 2.46 bits per heavy atom. The third-order valence-electron chi connectivity index (χ3n) is 6.36. The fraction of sp³-hybridized carbons (Fsp3) is 0.231. The number of anilines is 2. The summed E-state index contributed by atoms with van der Waals surface area (Å²) >= 11 is 0. The van der Waals surface area contributed by atoms with Crippen LogP contribution in [-0.2, 0) is 14.4 Å². The van der Waals surface area contributed by atoms with Gasteiger partial charge in [-0.15, -0.1) is 0 Å². The quantitative estimate of drug-likeness (QED) is 0.290. The lowest BCUT2D eigenvalue weighted by Crippen LogP contribution is -2.37. The van der Waals surface area contributed by atoms with Crippen LogP contribution in [0.2, 0.25) is 0 Å². The van der Waals surface area contributed by atoms with Gasteiger partial charge in [0.2, 0.25) is 5.91 Å². The van der Waals surface area contributed by atoms with E-state index < -0.39 is 34.8 Å². The van der Waals surface area contributed by atoms with Gasteiger partial charge < -0.3 is 14.6 Å². The van der Waals surface area contributed by atoms with Gasteiger partial charge in [0.25, 0.3) is 11.6 Å². The van der Waals surface area contributed by atoms with Crippen LogP contribution < -0.4 is 19.4 Å². The predicted molar refractivity (Wildman–Crippen MR) is 131 cm³/mol. The van der Waals surface area contributed by atoms with Crippen molar-refractivity contribution in [2.24, 2.45) is 5.92 Å². The Morgan fingerprint density at radius 2 is 1.78 bits per heavy atom. The minimum atomic E-state index is -1.16. The van der Waals surface area contributed by atoms with Gasteiger partial charge in [0.05, 0.1) is 36.1 Å². The van der Waals surface area contributed by atoms with E-state index in [-0.39, 0.29) is 17.2 Å². The molecule has 0 spiro atoms. The van der Waals surface area contributed by atoms with Crippen LogP contribution in [0.15, 0.2) is 66.7 Å². The normalized spacial score (nSPS) is 20.8. The molecule has 0 bridgehead atoms. The molecule has 0 radical (unpaired) electrons. The minimum Gasteiger partial charge on any atom is -0.504 e. The number of phenols is 1. The first-order valence-corrected chi connectivity index (χ1v) is 11.5. The van der Waals surface area contributed by atoms with E-state index in [1.54, 1.807) is 42.5 Å². The van der Waals surface area contributed by atoms with E-state index in [4.69, 9.17) is 14.3 Å². The second-order valence-electron chi connectivity index (χ2n) is 8.47. The summed E-state index contributed by atoms with van der Waals surface area (Å²) in [5.74, 6) is -1.33. The van der Waals surface area contributed by atoms with Crippen LogP contribution in [0.4, 0.5) is 17.1 Å². The topological polar surface area (TPSA) is 132 Å². The zero-order valence-electron chi connectivity index (χ0n) is 19.9. The van der Waals surface area contributed by atoms with Crippen molar-refractivity contribution in [3.8, 4) is 17.2 Å². The minimum absolute atomic E-state index is 0.103. The molecule has 37 heavy (non-hydrogen) atoms. The van der Waals surface area contributed by atoms with Crippen LogP contribution in [0.1, 0.15) is 18.5 Å². The van der Waals surface area contributed by atoms with Gasteiger partial charge in [-0.1, -0.05) is 12.1 Å². The van der Waals surface area contributed by atoms with E-state index in [1.165, 1.54) is 36.4 Å². The fourth-order valence-corrected chi connectivity index (χ4v) is 4.71. The van der Waals surface area contributed by atoms with Crippen LogP contribution in [-0.4, -0.2) is 41.7 Å². The molecule has 3 aromatic rings. The third kappa shape index (κ3) is 4.08. The molecule has 3 aromatic carbocycles. The average Bonchev–Trinajstić information content (AvgIpc) is 3.41. The number of imide groups is 1. The summed E-state index contributed by atoms with van der Waals surface area (Å²) in [7, 11) is 1.39. The van der Waals surface area contributed by atoms with Gasteiger partial charge in [-0.05, 0) is 55.0 Å². The number of hydrogen-bond acceptors (Lipinski definition) is 9. The Kier molecular flexibility index (Phi) is 6.14. The lowest BCUT2D eigenvalue weighted by atomic mass is 9.90. The Hall–Kier alpha value is -4.64. The van der Waals surface area contributed by atoms with Crippen LogP contribution in [0, 0.1) is 16.0 Å². The van der Waals surface area contributed by atoms with Crippen molar-refractivity contribution in [2.75, 3.05) is 23.7 Å². The van der Waals surface area contributed by atoms with Crippen molar-refractivity contribution in [3.63, 3.8) is 0 Å². The molecule has 0 unspecified atom stereocenters. The number of nitrogens with zero attached hydrogens (tertiary/aromatic N) is 3. The van der Waals surface area contributed by atoms with Crippen molar-refractivity contribution in [3.05, 3.63) is 82.4 Å². The number of fused-ring (bicyclic) bond motifs is 1. The number of nitro groups is 1. The van der Waals surface area contributed by atoms with E-state index in [9.17, 15) is 24.8 Å². The predicted octanol–water partition coefficient (Wildman–Crippen LogP) is 3.76. The number of rotatable bonds is 7. The Morgan fingerprint density at radius 1 is 1.03 bits per heavy atom. The zero-order valence-corrected chi connectivity index (χ0v) is 19.9. The number of phenolic OH excluding ortho intramolecular Hbond substituents is 1. The maximum Gasteiger partial charge on any atom is 0.271 e. The molecular weight excluding hydrogens is 482 g/mol. The van der Waals surface area contributed by atoms with Crippen molar-refractivity contribution in [2.45, 2.75) is 19.1 Å². The summed E-state index contributed by atoms with van der Waals surface area (Å²) in [6, 6.07) is 16.0. The number of non-ortho nitro benzene ring substituents is 1. The monoisotopic (exact) mass is 505 g/mol. The number of amides is 2. The highest BCUT2D eigenvalue weighted by atomic mass is 16.7. The highest BCUT2D eigenvalue weighted by molar-refractivity contribution is 6.24. The van der Waals surface area contributed by atoms with Gasteiger partial charge in [0, 0.05) is 12.1 Å². The van der Waals surface area contributed by atoms with Crippen LogP contribution >= 0.6 is 0 Å². The Labute approximate surface area is 211 Å². The molecule has 5 rings (SSSR count). The maximum absolute atomic E-state index is 13.7. The van der Waals surface area contributed by atoms with E-state index >= 15 is 0 Å². The van der Waals surface area contributed by atoms with Crippen LogP contribution in [0.3, 0.4) is 0 Å². The highest BCUT2D eigenvalue weighted by Crippen LogP contribution is 2.49. The van der Waals surface area contributed by atoms with Crippen molar-refractivity contribution >= 4 is 28.9 Å². The Balaban J connectivity index is 1.57. The number of carbonyl (C=O) groups is 2. The van der Waals surface area contributed by atoms with E-state index in [0.29, 0.717) is 29.3 Å². The van der Waals surface area contributed by atoms with Crippen LogP contribution in [0.25, 0.3) is 0 Å². The van der Waals surface area contributed by atoms with E-state index in [1.807, 2.05) is 6.92 Å². The fourth-order valence-electron chi connectivity index (χ4n) is 4.71. The first kappa shape index (κ1) is 24.1. The number of aromatic hydroxyl groups is 1. The van der Waals surface area contributed by atoms with Gasteiger partial charge in [-0.3, -0.25) is 24.5 Å². The number of carbonyl (C=O) groups excluding carboxylic acids is 2. The van der Waals surface area contributed by atoms with Crippen molar-refractivity contribution in [1.82, 2.24) is 0 Å². The summed E-state index contributed by atoms with van der Waals surface area (Å²) in [4.78, 5) is 45.2. The molecule has 2 saturated heterocycles. The molecule has 1 N–H and O–H groups in total. The SMILES string of the molecule is CCOc1ccc(N2C(=O)[C@H]3[C@H](ON(c4cccc([N+](=O)[O-])c4)[C@H]3c3ccc(O)c(OC)c3)C2=O)cc1. The molecule has 2 aliphatic rings. The molecule has 190 valence electrons. The van der Waals surface area contributed by atoms with E-state index in [2.05, 4.69) is 0 Å². The smallest absolute Gasteiger partial charge is 0.271 e. The first-order chi connectivity index (χ1) is 17.8. The molecular formula is C26H23N3O8. The average molecular weight is 505 g/mol. The van der Waals surface area contributed by atoms with Crippen LogP contribution in [0.5, 0.6) is 17.2 Å². The standard InChI is InChI=1S/C26H23N3O8/c1-3-36-19-10-8-16(9-11-19)27-25(31)22-23(15-7-12-20(30)21(13-15)35-2)28(37-24(22)26(27)32)17-5-4-6-18(14-17)29(33)34/h4-14,22-24,30H,3H2,1-2H3/t22-,23+,24+/m1/s1. The maximum atomic E-state index is 13.7. The molecule has 0 aromatic heterocycles. The summed E-state index contributed by atoms with van der Waals surface area (Å²) < 4.78 is 10.7. The number of benzene rings is 3. The summed E-state index contributed by atoms with van der Waals surface area (Å²) in [5.41, 5.74) is 1.02. The second-order valence-corrected chi connectivity index (χ2v) is 8.47. The molecule has 11 nitrogen and oxygen atoms in total. The molecule has 2 amide bonds. The van der Waals surface area contributed by atoms with Gasteiger partial charge in [0.1, 0.15) is 11.7 Å². The lowest BCUT2D eigenvalue weighted by Gasteiger charge is -2.29. The highest BCUT2D eigenvalue weighted by Gasteiger charge is 2.60. The molecule has 2 heterocycles. The first-order valence-electron chi connectivity index (χ1n) is 11.5. The van der Waals surface area contributed by atoms with Crippen molar-refractivity contribution < 1.29 is 33.9 Å². The van der Waals surface area contributed by atoms with Gasteiger partial charge in [0.15, 0.2) is 17.6 Å². The largest absolute Gasteiger partial charge is 0.504 e. The molecule has 2 aliphatic heterocycles. The Bertz CT molecular complexity index is 1380. The number of ether oxygens (including phenoxy) is 2. The number of hydrogen-bond donors (Lipinski definition) is 1. The molecule has 3 atom stereocenters. The van der Waals surface area contributed by atoms with Gasteiger partial charge >= 0.3 is 0 Å². The number of hydroxylamine groups is 1. The molecule has 11 heteroatoms. The lowest BCUT2D eigenvalue weighted by molar-refractivity contribution is -0.384. The van der Waals surface area contributed by atoms with Gasteiger partial charge in [-0.2, -0.15) is 0 Å². The van der Waals surface area contributed by atoms with E-state index in [0.717, 1.165) is 4.90 Å². The third-order valence-corrected chi connectivity index (χ3v) is 6.36. The van der Waals surface area contributed by atoms with Gasteiger partial charge in [-0.25, -0.2) is 9.96 Å². The molecule has 2 fully saturated rings. The zero-order chi connectivity index (χ0) is 26.3. The number of nitro benzene ring substituents is 1. The second kappa shape index (κ2) is 9.43. The molecule has 0 saturated carbocycles.